The summed E-state index contributed by atoms with van der Waals surface area (Å²) in [4.78, 5) is 23.2. The number of nitrogens with one attached hydrogen (secondary N) is 1. The maximum absolute atomic E-state index is 11.8. The van der Waals surface area contributed by atoms with Crippen molar-refractivity contribution in [3.05, 3.63) is 0 Å². The van der Waals surface area contributed by atoms with E-state index in [1.54, 1.807) is 6.92 Å². The van der Waals surface area contributed by atoms with Crippen LogP contribution in [0.4, 0.5) is 0 Å². The van der Waals surface area contributed by atoms with Crippen LogP contribution < -0.4 is 5.32 Å². The van der Waals surface area contributed by atoms with Crippen molar-refractivity contribution in [1.29, 1.82) is 0 Å². The monoisotopic (exact) mass is 343 g/mol. The molecule has 0 aromatic rings. The smallest absolute Gasteiger partial charge is 0.220 e. The molecule has 0 aliphatic heterocycles. The molecule has 0 unspecified atom stereocenters. The van der Waals surface area contributed by atoms with Crippen molar-refractivity contribution in [3.63, 3.8) is 0 Å². The molecule has 2 aliphatic carbocycles. The van der Waals surface area contributed by atoms with E-state index in [4.69, 9.17) is 9.84 Å². The molecular formula is C19H37NO4. The Hall–Kier alpha value is -0.940. The molecule has 2 rings (SSSR count). The molecule has 5 heteroatoms. The van der Waals surface area contributed by atoms with E-state index in [0.29, 0.717) is 31.3 Å². The summed E-state index contributed by atoms with van der Waals surface area (Å²) in [6.07, 6.45) is 10.3. The van der Waals surface area contributed by atoms with Gasteiger partial charge in [-0.25, -0.2) is 0 Å². The topological polar surface area (TPSA) is 75.6 Å². The highest BCUT2D eigenvalue weighted by atomic mass is 16.5. The molecule has 0 aromatic carbocycles. The van der Waals surface area contributed by atoms with Crippen molar-refractivity contribution in [2.24, 2.45) is 5.92 Å². The van der Waals surface area contributed by atoms with Gasteiger partial charge in [0.2, 0.25) is 5.91 Å². The summed E-state index contributed by atoms with van der Waals surface area (Å²) in [5.74, 6) is 0.631. The van der Waals surface area contributed by atoms with Crippen LogP contribution in [-0.2, 0) is 14.3 Å². The number of ether oxygens (including phenoxy) is 1. The zero-order valence-electron chi connectivity index (χ0n) is 15.4. The third kappa shape index (κ3) is 8.25. The van der Waals surface area contributed by atoms with Crippen molar-refractivity contribution >= 4 is 11.7 Å². The van der Waals surface area contributed by atoms with Gasteiger partial charge in [-0.3, -0.25) is 9.59 Å². The Balaban J connectivity index is 0.00000134. The standard InChI is InChI=1S/C17H29NO3.C2H6O.H2/c1-2-16(19)13-11-14(12-13)18-17(20)9-6-10-21-15-7-4-3-5-8-15;1-2-3;/h13-15H,2-12H2,1H3,(H,18,20);3H,2H2,1H3;1H. The summed E-state index contributed by atoms with van der Waals surface area (Å²) < 4.78 is 5.82. The maximum atomic E-state index is 11.8. The Bertz CT molecular complexity index is 366. The highest BCUT2D eigenvalue weighted by molar-refractivity contribution is 5.82. The van der Waals surface area contributed by atoms with Gasteiger partial charge in [0.05, 0.1) is 6.10 Å². The SMILES string of the molecule is CCC(=O)C1CC(NC(=O)CCCOC2CCCCC2)C1.CCO.[HH]. The molecule has 0 bridgehead atoms. The normalized spacial score (nSPS) is 23.6. The molecule has 0 atom stereocenters. The van der Waals surface area contributed by atoms with Crippen LogP contribution in [0.15, 0.2) is 0 Å². The number of Topliss-reactive ketones (excluding diaryl/α,β-unsaturated/α-hetero) is 1. The summed E-state index contributed by atoms with van der Waals surface area (Å²) in [7, 11) is 0. The van der Waals surface area contributed by atoms with E-state index in [1.807, 2.05) is 6.92 Å². The van der Waals surface area contributed by atoms with Crippen LogP contribution >= 0.6 is 0 Å². The first kappa shape index (κ1) is 21.1. The molecule has 5 nitrogen and oxygen atoms in total. The van der Waals surface area contributed by atoms with E-state index in [9.17, 15) is 9.59 Å². The van der Waals surface area contributed by atoms with Crippen LogP contribution in [0.1, 0.15) is 79.5 Å². The van der Waals surface area contributed by atoms with Gasteiger partial charge in [-0.2, -0.15) is 0 Å². The Morgan fingerprint density at radius 1 is 1.17 bits per heavy atom. The highest BCUT2D eigenvalue weighted by Gasteiger charge is 2.33. The number of rotatable bonds is 8. The van der Waals surface area contributed by atoms with Crippen molar-refractivity contribution in [2.45, 2.75) is 90.2 Å². The lowest BCUT2D eigenvalue weighted by Gasteiger charge is -2.34. The first-order valence-electron chi connectivity index (χ1n) is 9.65. The molecule has 2 saturated carbocycles. The van der Waals surface area contributed by atoms with Gasteiger partial charge in [0, 0.05) is 39.4 Å². The predicted octanol–water partition coefficient (Wildman–Crippen LogP) is 3.23. The lowest BCUT2D eigenvalue weighted by atomic mass is 9.77. The largest absolute Gasteiger partial charge is 0.397 e. The number of amides is 1. The summed E-state index contributed by atoms with van der Waals surface area (Å²) in [6, 6.07) is 0.220. The molecule has 0 spiro atoms. The fourth-order valence-corrected chi connectivity index (χ4v) is 3.30. The molecular weight excluding hydrogens is 306 g/mol. The zero-order valence-corrected chi connectivity index (χ0v) is 15.4. The maximum Gasteiger partial charge on any atom is 0.220 e. The highest BCUT2D eigenvalue weighted by Crippen LogP contribution is 2.29. The van der Waals surface area contributed by atoms with E-state index in [2.05, 4.69) is 5.32 Å². The number of aliphatic hydroxyl groups excluding tert-OH is 1. The fraction of sp³-hybridized carbons (Fsp3) is 0.895. The van der Waals surface area contributed by atoms with E-state index in [-0.39, 0.29) is 25.9 Å². The molecule has 0 radical (unpaired) electrons. The van der Waals surface area contributed by atoms with Crippen molar-refractivity contribution in [2.75, 3.05) is 13.2 Å². The van der Waals surface area contributed by atoms with Gasteiger partial charge in [0.25, 0.3) is 0 Å². The molecule has 142 valence electrons. The number of hydrogen-bond donors (Lipinski definition) is 2. The summed E-state index contributed by atoms with van der Waals surface area (Å²) in [5, 5.41) is 10.6. The second kappa shape index (κ2) is 12.4. The quantitative estimate of drug-likeness (QED) is 0.664. The van der Waals surface area contributed by atoms with Crippen molar-refractivity contribution in [3.8, 4) is 0 Å². The second-order valence-corrected chi connectivity index (χ2v) is 6.80. The van der Waals surface area contributed by atoms with Crippen LogP contribution in [0.2, 0.25) is 0 Å². The van der Waals surface area contributed by atoms with Gasteiger partial charge in [0.15, 0.2) is 0 Å². The van der Waals surface area contributed by atoms with Crippen LogP contribution in [-0.4, -0.2) is 42.2 Å². The number of ketones is 1. The van der Waals surface area contributed by atoms with Crippen LogP contribution in [0.5, 0.6) is 0 Å². The number of carbonyl (C=O) groups is 2. The van der Waals surface area contributed by atoms with E-state index in [1.165, 1.54) is 32.1 Å². The van der Waals surface area contributed by atoms with Gasteiger partial charge in [-0.1, -0.05) is 26.2 Å². The van der Waals surface area contributed by atoms with Crippen molar-refractivity contribution < 1.29 is 20.9 Å². The van der Waals surface area contributed by atoms with Crippen molar-refractivity contribution in [1.82, 2.24) is 5.32 Å². The lowest BCUT2D eigenvalue weighted by Crippen LogP contribution is -2.46. The Morgan fingerprint density at radius 3 is 2.38 bits per heavy atom. The average molecular weight is 344 g/mol. The minimum absolute atomic E-state index is 0. The molecule has 24 heavy (non-hydrogen) atoms. The van der Waals surface area contributed by atoms with E-state index >= 15 is 0 Å². The molecule has 0 heterocycles. The number of aliphatic hydroxyl groups is 1. The molecule has 2 N–H and O–H groups in total. The van der Waals surface area contributed by atoms with Gasteiger partial charge in [-0.15, -0.1) is 0 Å². The van der Waals surface area contributed by atoms with Gasteiger partial charge in [-0.05, 0) is 39.0 Å². The number of hydrogen-bond acceptors (Lipinski definition) is 4. The third-order valence-electron chi connectivity index (χ3n) is 4.76. The van der Waals surface area contributed by atoms with Crippen LogP contribution in [0.3, 0.4) is 0 Å². The van der Waals surface area contributed by atoms with Crippen LogP contribution in [0.25, 0.3) is 0 Å². The van der Waals surface area contributed by atoms with Crippen LogP contribution in [0, 0.1) is 5.92 Å². The summed E-state index contributed by atoms with van der Waals surface area (Å²) in [5.41, 5.74) is 0. The first-order valence-corrected chi connectivity index (χ1v) is 9.65. The third-order valence-corrected chi connectivity index (χ3v) is 4.76. The Morgan fingerprint density at radius 2 is 1.79 bits per heavy atom. The molecule has 2 aliphatic rings. The van der Waals surface area contributed by atoms with Gasteiger partial charge >= 0.3 is 0 Å². The number of carbonyl (C=O) groups excluding carboxylic acids is 2. The first-order chi connectivity index (χ1) is 11.6. The Labute approximate surface area is 148 Å². The molecule has 0 aromatic heterocycles. The summed E-state index contributed by atoms with van der Waals surface area (Å²) in [6.45, 7) is 4.53. The molecule has 0 saturated heterocycles. The summed E-state index contributed by atoms with van der Waals surface area (Å²) >= 11 is 0. The Kier molecular flexibility index (Phi) is 10.9. The molecule has 1 amide bonds. The van der Waals surface area contributed by atoms with E-state index < -0.39 is 0 Å². The minimum Gasteiger partial charge on any atom is -0.397 e. The molecule has 2 fully saturated rings. The zero-order chi connectivity index (χ0) is 17.8. The predicted molar refractivity (Wildman–Crippen MR) is 96.9 cm³/mol. The second-order valence-electron chi connectivity index (χ2n) is 6.80. The van der Waals surface area contributed by atoms with Gasteiger partial charge < -0.3 is 15.2 Å². The fourth-order valence-electron chi connectivity index (χ4n) is 3.30. The lowest BCUT2D eigenvalue weighted by molar-refractivity contribution is -0.129. The average Bonchev–Trinajstić information content (AvgIpc) is 2.55. The van der Waals surface area contributed by atoms with E-state index in [0.717, 1.165) is 19.3 Å². The minimum atomic E-state index is 0. The van der Waals surface area contributed by atoms with Gasteiger partial charge in [0.1, 0.15) is 5.78 Å².